The summed E-state index contributed by atoms with van der Waals surface area (Å²) >= 11 is 15.4. The summed E-state index contributed by atoms with van der Waals surface area (Å²) in [6.45, 7) is -0.0585. The molecule has 5 nitrogen and oxygen atoms in total. The fourth-order valence-corrected chi connectivity index (χ4v) is 2.92. The number of benzene rings is 2. The summed E-state index contributed by atoms with van der Waals surface area (Å²) in [4.78, 5) is 25.5. The molecule has 25 heavy (non-hydrogen) atoms. The largest absolute Gasteiger partial charge is 0.375 e. The second-order valence-corrected chi connectivity index (χ2v) is 6.99. The third kappa shape index (κ3) is 5.92. The van der Waals surface area contributed by atoms with Crippen LogP contribution in [0.3, 0.4) is 0 Å². The van der Waals surface area contributed by atoms with Gasteiger partial charge in [0.2, 0.25) is 11.8 Å². The molecule has 0 atom stereocenters. The van der Waals surface area contributed by atoms with Gasteiger partial charge in [-0.1, -0.05) is 51.3 Å². The van der Waals surface area contributed by atoms with Crippen LogP contribution in [0.4, 0.5) is 11.4 Å². The second kappa shape index (κ2) is 9.08. The van der Waals surface area contributed by atoms with Crippen molar-refractivity contribution in [2.24, 2.45) is 0 Å². The van der Waals surface area contributed by atoms with E-state index in [1.807, 2.05) is 6.07 Å². The van der Waals surface area contributed by atoms with Crippen LogP contribution in [0.5, 0.6) is 0 Å². The van der Waals surface area contributed by atoms with Crippen molar-refractivity contribution in [2.75, 3.05) is 30.8 Å². The summed E-state index contributed by atoms with van der Waals surface area (Å²) in [6.07, 6.45) is 0. The molecular formula is C17H16BrCl2N3O2. The molecule has 0 saturated carbocycles. The van der Waals surface area contributed by atoms with Gasteiger partial charge in [-0.05, 0) is 30.3 Å². The summed E-state index contributed by atoms with van der Waals surface area (Å²) in [5.41, 5.74) is 1.15. The van der Waals surface area contributed by atoms with Gasteiger partial charge in [0.25, 0.3) is 0 Å². The van der Waals surface area contributed by atoms with E-state index < -0.39 is 0 Å². The maximum Gasteiger partial charge on any atom is 0.244 e. The molecule has 0 saturated heterocycles. The van der Waals surface area contributed by atoms with E-state index in [1.165, 1.54) is 4.90 Å². The van der Waals surface area contributed by atoms with Crippen LogP contribution >= 0.6 is 39.1 Å². The first-order valence-corrected chi connectivity index (χ1v) is 8.89. The molecule has 2 amide bonds. The SMILES string of the molecule is CN(CC(=O)Nc1ccccc1Cl)C(=O)CNc1ccc(Br)cc1Cl. The molecule has 0 aliphatic heterocycles. The monoisotopic (exact) mass is 443 g/mol. The number of amides is 2. The molecule has 0 aliphatic rings. The predicted molar refractivity (Wildman–Crippen MR) is 105 cm³/mol. The average molecular weight is 445 g/mol. The highest BCUT2D eigenvalue weighted by atomic mass is 79.9. The van der Waals surface area contributed by atoms with Gasteiger partial charge >= 0.3 is 0 Å². The molecule has 0 heterocycles. The Labute approximate surface area is 164 Å². The minimum absolute atomic E-state index is 0.0250. The zero-order chi connectivity index (χ0) is 18.4. The Kier molecular flexibility index (Phi) is 7.11. The first kappa shape index (κ1) is 19.6. The molecule has 0 spiro atoms. The lowest BCUT2D eigenvalue weighted by Crippen LogP contribution is -2.38. The Morgan fingerprint density at radius 2 is 1.80 bits per heavy atom. The lowest BCUT2D eigenvalue weighted by Gasteiger charge is -2.18. The van der Waals surface area contributed by atoms with Gasteiger partial charge in [0.05, 0.1) is 34.5 Å². The molecule has 0 aromatic heterocycles. The van der Waals surface area contributed by atoms with Crippen molar-refractivity contribution in [2.45, 2.75) is 0 Å². The Morgan fingerprint density at radius 3 is 2.48 bits per heavy atom. The molecule has 0 radical (unpaired) electrons. The minimum atomic E-state index is -0.328. The van der Waals surface area contributed by atoms with Gasteiger partial charge in [-0.15, -0.1) is 0 Å². The van der Waals surface area contributed by atoms with Crippen LogP contribution in [0.25, 0.3) is 0 Å². The van der Waals surface area contributed by atoms with Crippen molar-refractivity contribution in [3.63, 3.8) is 0 Å². The van der Waals surface area contributed by atoms with Crippen LogP contribution in [0.15, 0.2) is 46.9 Å². The van der Waals surface area contributed by atoms with E-state index in [-0.39, 0.29) is 24.9 Å². The van der Waals surface area contributed by atoms with Crippen LogP contribution in [-0.2, 0) is 9.59 Å². The van der Waals surface area contributed by atoms with Gasteiger partial charge in [0, 0.05) is 11.5 Å². The standard InChI is InChI=1S/C17H16BrCl2N3O2/c1-23(10-16(24)22-15-5-3-2-4-12(15)19)17(25)9-21-14-7-6-11(18)8-13(14)20/h2-8,21H,9-10H2,1H3,(H,22,24). The number of carbonyl (C=O) groups is 2. The summed E-state index contributed by atoms with van der Waals surface area (Å²) in [5, 5.41) is 6.57. The number of hydrogen-bond acceptors (Lipinski definition) is 3. The Balaban J connectivity index is 1.85. The van der Waals surface area contributed by atoms with E-state index in [0.29, 0.717) is 21.4 Å². The van der Waals surface area contributed by atoms with Gasteiger partial charge in [-0.2, -0.15) is 0 Å². The number of halogens is 3. The number of nitrogens with zero attached hydrogens (tertiary/aromatic N) is 1. The van der Waals surface area contributed by atoms with Crippen molar-refractivity contribution in [3.8, 4) is 0 Å². The number of rotatable bonds is 6. The zero-order valence-electron chi connectivity index (χ0n) is 13.4. The third-order valence-electron chi connectivity index (χ3n) is 3.32. The lowest BCUT2D eigenvalue weighted by atomic mass is 10.3. The fraction of sp³-hybridized carbons (Fsp3) is 0.176. The summed E-state index contributed by atoms with van der Waals surface area (Å²) in [5.74, 6) is -0.570. The molecule has 0 fully saturated rings. The topological polar surface area (TPSA) is 61.4 Å². The lowest BCUT2D eigenvalue weighted by molar-refractivity contribution is -0.131. The number of carbonyl (C=O) groups excluding carboxylic acids is 2. The number of anilines is 2. The van der Waals surface area contributed by atoms with Crippen molar-refractivity contribution >= 4 is 62.3 Å². The summed E-state index contributed by atoms with van der Waals surface area (Å²) in [7, 11) is 1.55. The van der Waals surface area contributed by atoms with E-state index in [9.17, 15) is 9.59 Å². The molecule has 2 aromatic rings. The molecule has 0 aliphatic carbocycles. The Hall–Kier alpha value is -1.76. The van der Waals surface area contributed by atoms with Crippen LogP contribution in [0, 0.1) is 0 Å². The quantitative estimate of drug-likeness (QED) is 0.699. The maximum atomic E-state index is 12.2. The van der Waals surface area contributed by atoms with Gasteiger partial charge in [0.1, 0.15) is 0 Å². The smallest absolute Gasteiger partial charge is 0.244 e. The molecule has 2 aromatic carbocycles. The van der Waals surface area contributed by atoms with E-state index in [0.717, 1.165) is 4.47 Å². The Bertz CT molecular complexity index is 786. The highest BCUT2D eigenvalue weighted by Gasteiger charge is 2.14. The van der Waals surface area contributed by atoms with Crippen LogP contribution in [0.2, 0.25) is 10.0 Å². The van der Waals surface area contributed by atoms with Gasteiger partial charge in [-0.3, -0.25) is 9.59 Å². The van der Waals surface area contributed by atoms with Crippen molar-refractivity contribution < 1.29 is 9.59 Å². The molecule has 132 valence electrons. The van der Waals surface area contributed by atoms with Gasteiger partial charge in [-0.25, -0.2) is 0 Å². The first-order valence-electron chi connectivity index (χ1n) is 7.34. The molecule has 0 bridgehead atoms. The molecule has 8 heteroatoms. The zero-order valence-corrected chi connectivity index (χ0v) is 16.5. The van der Waals surface area contributed by atoms with Crippen molar-refractivity contribution in [1.29, 1.82) is 0 Å². The van der Waals surface area contributed by atoms with E-state index in [1.54, 1.807) is 43.4 Å². The first-order chi connectivity index (χ1) is 11.9. The molecule has 0 unspecified atom stereocenters. The summed E-state index contributed by atoms with van der Waals surface area (Å²) < 4.78 is 0.850. The number of likely N-dealkylation sites (N-methyl/N-ethyl adjacent to an activating group) is 1. The second-order valence-electron chi connectivity index (χ2n) is 5.26. The third-order valence-corrected chi connectivity index (χ3v) is 4.45. The van der Waals surface area contributed by atoms with E-state index in [2.05, 4.69) is 26.6 Å². The molecule has 2 rings (SSSR count). The predicted octanol–water partition coefficient (Wildman–Crippen LogP) is 4.26. The van der Waals surface area contributed by atoms with E-state index >= 15 is 0 Å². The molecule has 2 N–H and O–H groups in total. The van der Waals surface area contributed by atoms with Crippen molar-refractivity contribution in [1.82, 2.24) is 4.90 Å². The van der Waals surface area contributed by atoms with Crippen LogP contribution in [0.1, 0.15) is 0 Å². The highest BCUT2D eigenvalue weighted by molar-refractivity contribution is 9.10. The average Bonchev–Trinajstić information content (AvgIpc) is 2.55. The van der Waals surface area contributed by atoms with Crippen LogP contribution < -0.4 is 10.6 Å². The van der Waals surface area contributed by atoms with Gasteiger partial charge < -0.3 is 15.5 Å². The number of nitrogens with one attached hydrogen (secondary N) is 2. The van der Waals surface area contributed by atoms with Crippen molar-refractivity contribution in [3.05, 3.63) is 57.0 Å². The maximum absolute atomic E-state index is 12.2. The fourth-order valence-electron chi connectivity index (χ4n) is 1.99. The molecular weight excluding hydrogens is 429 g/mol. The Morgan fingerprint density at radius 1 is 1.08 bits per heavy atom. The van der Waals surface area contributed by atoms with Crippen LogP contribution in [-0.4, -0.2) is 36.9 Å². The number of para-hydroxylation sites is 1. The summed E-state index contributed by atoms with van der Waals surface area (Å²) in [6, 6.07) is 12.2. The van der Waals surface area contributed by atoms with E-state index in [4.69, 9.17) is 23.2 Å². The highest BCUT2D eigenvalue weighted by Crippen LogP contribution is 2.25. The number of hydrogen-bond donors (Lipinski definition) is 2. The normalized spacial score (nSPS) is 10.2. The minimum Gasteiger partial charge on any atom is -0.375 e. The van der Waals surface area contributed by atoms with Gasteiger partial charge in [0.15, 0.2) is 0 Å².